The van der Waals surface area contributed by atoms with E-state index in [1.807, 2.05) is 0 Å². The summed E-state index contributed by atoms with van der Waals surface area (Å²) in [5.74, 6) is -0.347. The molecule has 1 unspecified atom stereocenters. The van der Waals surface area contributed by atoms with Gasteiger partial charge in [-0.3, -0.25) is 0 Å². The Bertz CT molecular complexity index is 408. The number of aromatic nitrogens is 1. The molecule has 2 heterocycles. The van der Waals surface area contributed by atoms with E-state index in [9.17, 15) is 4.79 Å². The Balaban J connectivity index is 1.85. The monoisotopic (exact) mass is 269 g/mol. The molecule has 0 saturated carbocycles. The summed E-state index contributed by atoms with van der Waals surface area (Å²) >= 11 is 1.45. The second kappa shape index (κ2) is 6.15. The van der Waals surface area contributed by atoms with E-state index in [2.05, 4.69) is 22.2 Å². The Morgan fingerprint density at radius 3 is 3.22 bits per heavy atom. The van der Waals surface area contributed by atoms with Crippen molar-refractivity contribution in [3.63, 3.8) is 0 Å². The maximum Gasteiger partial charge on any atom is 0.357 e. The topological polar surface area (TPSA) is 54.5 Å². The molecule has 1 aromatic heterocycles. The molecule has 1 N–H and O–H groups in total. The highest BCUT2D eigenvalue weighted by Gasteiger charge is 2.20. The van der Waals surface area contributed by atoms with Crippen molar-refractivity contribution in [1.82, 2.24) is 9.88 Å². The summed E-state index contributed by atoms with van der Waals surface area (Å²) in [6.07, 6.45) is 2.48. The van der Waals surface area contributed by atoms with Crippen LogP contribution in [0, 0.1) is 0 Å². The lowest BCUT2D eigenvalue weighted by molar-refractivity contribution is 0.0520. The Morgan fingerprint density at radius 1 is 1.72 bits per heavy atom. The molecule has 1 aromatic rings. The van der Waals surface area contributed by atoms with Gasteiger partial charge in [0, 0.05) is 18.0 Å². The minimum Gasteiger partial charge on any atom is -0.461 e. The number of likely N-dealkylation sites (tertiary alicyclic amines) is 1. The third-order valence-corrected chi connectivity index (χ3v) is 3.95. The van der Waals surface area contributed by atoms with Crippen molar-refractivity contribution >= 4 is 22.4 Å². The van der Waals surface area contributed by atoms with E-state index in [4.69, 9.17) is 4.74 Å². The Labute approximate surface area is 111 Å². The van der Waals surface area contributed by atoms with Crippen molar-refractivity contribution in [2.24, 2.45) is 0 Å². The first-order valence-electron chi connectivity index (χ1n) is 6.27. The molecular formula is C12H19N3O2S. The minimum atomic E-state index is -0.347. The summed E-state index contributed by atoms with van der Waals surface area (Å²) < 4.78 is 4.91. The van der Waals surface area contributed by atoms with Gasteiger partial charge in [0.05, 0.1) is 6.61 Å². The van der Waals surface area contributed by atoms with Gasteiger partial charge >= 0.3 is 5.97 Å². The first kappa shape index (κ1) is 13.3. The second-order valence-electron chi connectivity index (χ2n) is 4.42. The molecule has 100 valence electrons. The van der Waals surface area contributed by atoms with E-state index < -0.39 is 0 Å². The number of rotatable bonds is 5. The molecule has 0 spiro atoms. The summed E-state index contributed by atoms with van der Waals surface area (Å²) in [4.78, 5) is 18.0. The molecule has 0 radical (unpaired) electrons. The van der Waals surface area contributed by atoms with Crippen LogP contribution in [0.5, 0.6) is 0 Å². The predicted molar refractivity (Wildman–Crippen MR) is 72.2 cm³/mol. The smallest absolute Gasteiger partial charge is 0.357 e. The minimum absolute atomic E-state index is 0.347. The van der Waals surface area contributed by atoms with Crippen LogP contribution in [0.15, 0.2) is 5.38 Å². The summed E-state index contributed by atoms with van der Waals surface area (Å²) in [5, 5.41) is 5.82. The number of carbonyl (C=O) groups is 1. The molecular weight excluding hydrogens is 250 g/mol. The number of hydrogen-bond acceptors (Lipinski definition) is 6. The second-order valence-corrected chi connectivity index (χ2v) is 5.27. The van der Waals surface area contributed by atoms with Crippen LogP contribution < -0.4 is 5.32 Å². The van der Waals surface area contributed by atoms with Gasteiger partial charge in [0.1, 0.15) is 0 Å². The van der Waals surface area contributed by atoms with Crippen molar-refractivity contribution in [3.8, 4) is 0 Å². The van der Waals surface area contributed by atoms with Gasteiger partial charge in [0.15, 0.2) is 10.8 Å². The SMILES string of the molecule is CCOC(=O)c1csc(NCC2CCCN2C)n1. The molecule has 2 rings (SSSR count). The van der Waals surface area contributed by atoms with Gasteiger partial charge in [-0.2, -0.15) is 0 Å². The van der Waals surface area contributed by atoms with E-state index in [0.29, 0.717) is 18.3 Å². The normalized spacial score (nSPS) is 20.0. The lowest BCUT2D eigenvalue weighted by atomic mass is 10.2. The fourth-order valence-corrected chi connectivity index (χ4v) is 2.79. The third-order valence-electron chi connectivity index (χ3n) is 3.15. The van der Waals surface area contributed by atoms with Crippen LogP contribution in [0.3, 0.4) is 0 Å². The van der Waals surface area contributed by atoms with Gasteiger partial charge in [-0.15, -0.1) is 11.3 Å². The Hall–Kier alpha value is -1.14. The van der Waals surface area contributed by atoms with Crippen molar-refractivity contribution in [1.29, 1.82) is 0 Å². The first-order chi connectivity index (χ1) is 8.70. The van der Waals surface area contributed by atoms with Crippen LogP contribution in [0.1, 0.15) is 30.3 Å². The summed E-state index contributed by atoms with van der Waals surface area (Å²) in [6, 6.07) is 0.569. The van der Waals surface area contributed by atoms with Gasteiger partial charge in [-0.05, 0) is 33.4 Å². The van der Waals surface area contributed by atoms with Gasteiger partial charge in [-0.25, -0.2) is 9.78 Å². The lowest BCUT2D eigenvalue weighted by Gasteiger charge is -2.19. The van der Waals surface area contributed by atoms with Crippen molar-refractivity contribution in [2.45, 2.75) is 25.8 Å². The number of nitrogens with one attached hydrogen (secondary N) is 1. The number of nitrogens with zero attached hydrogens (tertiary/aromatic N) is 2. The molecule has 1 aliphatic heterocycles. The van der Waals surface area contributed by atoms with E-state index >= 15 is 0 Å². The zero-order valence-corrected chi connectivity index (χ0v) is 11.6. The van der Waals surface area contributed by atoms with Crippen LogP contribution in [0.2, 0.25) is 0 Å². The fourth-order valence-electron chi connectivity index (χ4n) is 2.10. The molecule has 0 amide bonds. The van der Waals surface area contributed by atoms with Crippen LogP contribution in [0.4, 0.5) is 5.13 Å². The lowest BCUT2D eigenvalue weighted by Crippen LogP contribution is -2.31. The van der Waals surface area contributed by atoms with Crippen LogP contribution in [0.25, 0.3) is 0 Å². The molecule has 6 heteroatoms. The summed E-state index contributed by atoms with van der Waals surface area (Å²) in [7, 11) is 2.14. The zero-order chi connectivity index (χ0) is 13.0. The molecule has 0 bridgehead atoms. The maximum atomic E-state index is 11.5. The number of carbonyl (C=O) groups excluding carboxylic acids is 1. The molecule has 0 aliphatic carbocycles. The van der Waals surface area contributed by atoms with Crippen LogP contribution in [-0.4, -0.2) is 48.6 Å². The molecule has 1 aliphatic rings. The van der Waals surface area contributed by atoms with Crippen molar-refractivity contribution < 1.29 is 9.53 Å². The number of ether oxygens (including phenoxy) is 1. The van der Waals surface area contributed by atoms with E-state index in [-0.39, 0.29) is 5.97 Å². The molecule has 5 nitrogen and oxygen atoms in total. The quantitative estimate of drug-likeness (QED) is 0.826. The number of esters is 1. The maximum absolute atomic E-state index is 11.5. The van der Waals surface area contributed by atoms with Gasteiger partial charge in [-0.1, -0.05) is 0 Å². The zero-order valence-electron chi connectivity index (χ0n) is 10.8. The van der Waals surface area contributed by atoms with Crippen LogP contribution in [-0.2, 0) is 4.74 Å². The number of likely N-dealkylation sites (N-methyl/N-ethyl adjacent to an activating group) is 1. The van der Waals surface area contributed by atoms with Crippen molar-refractivity contribution in [3.05, 3.63) is 11.1 Å². The van der Waals surface area contributed by atoms with Gasteiger partial charge in [0.2, 0.25) is 0 Å². The average molecular weight is 269 g/mol. The molecule has 0 aromatic carbocycles. The summed E-state index contributed by atoms with van der Waals surface area (Å²) in [5.41, 5.74) is 0.393. The molecule has 18 heavy (non-hydrogen) atoms. The van der Waals surface area contributed by atoms with Crippen molar-refractivity contribution in [2.75, 3.05) is 32.1 Å². The summed E-state index contributed by atoms with van der Waals surface area (Å²) in [6.45, 7) is 4.22. The predicted octanol–water partition coefficient (Wildman–Crippen LogP) is 1.83. The fraction of sp³-hybridized carbons (Fsp3) is 0.667. The highest BCUT2D eigenvalue weighted by molar-refractivity contribution is 7.13. The third kappa shape index (κ3) is 3.20. The number of hydrogen-bond donors (Lipinski definition) is 1. The standard InChI is InChI=1S/C12H19N3O2S/c1-3-17-11(16)10-8-18-12(14-10)13-7-9-5-4-6-15(9)2/h8-9H,3-7H2,1-2H3,(H,13,14). The number of thiazole rings is 1. The first-order valence-corrected chi connectivity index (χ1v) is 7.15. The van der Waals surface area contributed by atoms with E-state index in [0.717, 1.165) is 18.2 Å². The van der Waals surface area contributed by atoms with Gasteiger partial charge < -0.3 is 15.0 Å². The molecule has 1 fully saturated rings. The van der Waals surface area contributed by atoms with E-state index in [1.54, 1.807) is 12.3 Å². The molecule has 1 saturated heterocycles. The van der Waals surface area contributed by atoms with E-state index in [1.165, 1.54) is 24.2 Å². The number of anilines is 1. The largest absolute Gasteiger partial charge is 0.461 e. The highest BCUT2D eigenvalue weighted by Crippen LogP contribution is 2.19. The van der Waals surface area contributed by atoms with Crippen LogP contribution >= 0.6 is 11.3 Å². The Kier molecular flexibility index (Phi) is 4.54. The average Bonchev–Trinajstić information content (AvgIpc) is 2.96. The van der Waals surface area contributed by atoms with Gasteiger partial charge in [0.25, 0.3) is 0 Å². The molecule has 1 atom stereocenters. The highest BCUT2D eigenvalue weighted by atomic mass is 32.1. The Morgan fingerprint density at radius 2 is 2.56 bits per heavy atom.